The third kappa shape index (κ3) is 5.48. The SMILES string of the molecule is COc1ccccc1C(=O)Nc1ccc(OS(=O)(=O)c2ccccc2OC(F)F)cc1. The number of amides is 1. The molecule has 0 aliphatic heterocycles. The number of para-hydroxylation sites is 2. The van der Waals surface area contributed by atoms with Crippen LogP contribution < -0.4 is 19.0 Å². The molecule has 3 aromatic rings. The zero-order valence-corrected chi connectivity index (χ0v) is 16.9. The Labute approximate surface area is 177 Å². The van der Waals surface area contributed by atoms with E-state index in [1.165, 1.54) is 43.5 Å². The van der Waals surface area contributed by atoms with Crippen molar-refractivity contribution in [3.63, 3.8) is 0 Å². The van der Waals surface area contributed by atoms with Gasteiger partial charge in [-0.2, -0.15) is 17.2 Å². The number of carbonyl (C=O) groups is 1. The van der Waals surface area contributed by atoms with E-state index in [4.69, 9.17) is 8.92 Å². The molecule has 0 heterocycles. The van der Waals surface area contributed by atoms with Crippen molar-refractivity contribution in [2.24, 2.45) is 0 Å². The maximum absolute atomic E-state index is 12.5. The predicted octanol–water partition coefficient (Wildman–Crippen LogP) is 4.32. The van der Waals surface area contributed by atoms with Crippen molar-refractivity contribution in [2.75, 3.05) is 12.4 Å². The topological polar surface area (TPSA) is 90.9 Å². The molecule has 0 spiro atoms. The molecule has 0 saturated carbocycles. The van der Waals surface area contributed by atoms with Gasteiger partial charge in [-0.25, -0.2) is 0 Å². The molecule has 162 valence electrons. The first kappa shape index (κ1) is 22.0. The Bertz CT molecular complexity index is 1170. The lowest BCUT2D eigenvalue weighted by atomic mass is 10.2. The molecule has 0 aliphatic rings. The van der Waals surface area contributed by atoms with E-state index in [9.17, 15) is 22.0 Å². The number of methoxy groups -OCH3 is 1. The number of anilines is 1. The summed E-state index contributed by atoms with van der Waals surface area (Å²) in [5.74, 6) is -0.632. The average molecular weight is 449 g/mol. The second-order valence-corrected chi connectivity index (χ2v) is 7.56. The zero-order valence-electron chi connectivity index (χ0n) is 16.1. The molecule has 0 aliphatic carbocycles. The number of halogens is 2. The van der Waals surface area contributed by atoms with Crippen LogP contribution in [0.3, 0.4) is 0 Å². The van der Waals surface area contributed by atoms with Gasteiger partial charge in [0.25, 0.3) is 5.91 Å². The van der Waals surface area contributed by atoms with Crippen molar-refractivity contribution >= 4 is 21.7 Å². The Kier molecular flexibility index (Phi) is 6.71. The van der Waals surface area contributed by atoms with Crippen molar-refractivity contribution in [2.45, 2.75) is 11.5 Å². The summed E-state index contributed by atoms with van der Waals surface area (Å²) in [5.41, 5.74) is 0.700. The molecule has 0 unspecified atom stereocenters. The van der Waals surface area contributed by atoms with E-state index in [0.717, 1.165) is 12.1 Å². The van der Waals surface area contributed by atoms with Crippen LogP contribution in [0.15, 0.2) is 77.7 Å². The molecule has 3 rings (SSSR count). The van der Waals surface area contributed by atoms with E-state index in [2.05, 4.69) is 10.1 Å². The number of hydrogen-bond acceptors (Lipinski definition) is 6. The maximum atomic E-state index is 12.5. The highest BCUT2D eigenvalue weighted by Crippen LogP contribution is 2.28. The van der Waals surface area contributed by atoms with Gasteiger partial charge in [0, 0.05) is 5.69 Å². The number of alkyl halides is 2. The van der Waals surface area contributed by atoms with Gasteiger partial charge in [0.2, 0.25) is 0 Å². The Morgan fingerprint density at radius 1 is 0.903 bits per heavy atom. The summed E-state index contributed by atoms with van der Waals surface area (Å²) in [6, 6.07) is 17.0. The Hall–Kier alpha value is -3.66. The molecular formula is C21H17F2NO6S. The van der Waals surface area contributed by atoms with Crippen molar-refractivity contribution in [1.29, 1.82) is 0 Å². The monoisotopic (exact) mass is 449 g/mol. The van der Waals surface area contributed by atoms with Crippen molar-refractivity contribution < 1.29 is 35.6 Å². The Morgan fingerprint density at radius 3 is 2.16 bits per heavy atom. The van der Waals surface area contributed by atoms with Crippen molar-refractivity contribution in [3.05, 3.63) is 78.4 Å². The van der Waals surface area contributed by atoms with Gasteiger partial charge in [0.15, 0.2) is 0 Å². The van der Waals surface area contributed by atoms with Crippen LogP contribution in [0, 0.1) is 0 Å². The van der Waals surface area contributed by atoms with Gasteiger partial charge in [-0.15, -0.1) is 0 Å². The molecule has 10 heteroatoms. The molecule has 31 heavy (non-hydrogen) atoms. The summed E-state index contributed by atoms with van der Waals surface area (Å²) in [7, 11) is -2.99. The molecule has 0 atom stereocenters. The highest BCUT2D eigenvalue weighted by molar-refractivity contribution is 7.87. The summed E-state index contributed by atoms with van der Waals surface area (Å²) >= 11 is 0. The summed E-state index contributed by atoms with van der Waals surface area (Å²) < 4.78 is 64.4. The number of carbonyl (C=O) groups excluding carboxylic acids is 1. The lowest BCUT2D eigenvalue weighted by molar-refractivity contribution is -0.0518. The Morgan fingerprint density at radius 2 is 1.52 bits per heavy atom. The first-order chi connectivity index (χ1) is 14.8. The van der Waals surface area contributed by atoms with E-state index in [-0.39, 0.29) is 5.75 Å². The normalized spacial score (nSPS) is 11.1. The van der Waals surface area contributed by atoms with E-state index < -0.39 is 33.3 Å². The molecule has 0 fully saturated rings. The van der Waals surface area contributed by atoms with Gasteiger partial charge in [-0.3, -0.25) is 4.79 Å². The van der Waals surface area contributed by atoms with Crippen molar-refractivity contribution in [3.8, 4) is 17.2 Å². The van der Waals surface area contributed by atoms with Gasteiger partial charge >= 0.3 is 16.7 Å². The maximum Gasteiger partial charge on any atom is 0.387 e. The lowest BCUT2D eigenvalue weighted by Crippen LogP contribution is -2.14. The molecule has 3 aromatic carbocycles. The van der Waals surface area contributed by atoms with Crippen LogP contribution in [0.1, 0.15) is 10.4 Å². The highest BCUT2D eigenvalue weighted by Gasteiger charge is 2.23. The largest absolute Gasteiger partial charge is 0.496 e. The molecule has 0 saturated heterocycles. The van der Waals surface area contributed by atoms with Gasteiger partial charge in [-0.1, -0.05) is 24.3 Å². The van der Waals surface area contributed by atoms with Crippen LogP contribution in [0.2, 0.25) is 0 Å². The second-order valence-electron chi connectivity index (χ2n) is 6.04. The summed E-state index contributed by atoms with van der Waals surface area (Å²) in [6.07, 6.45) is 0. The minimum absolute atomic E-state index is 0.0814. The molecule has 0 aromatic heterocycles. The van der Waals surface area contributed by atoms with E-state index in [1.807, 2.05) is 0 Å². The van der Waals surface area contributed by atoms with E-state index >= 15 is 0 Å². The smallest absolute Gasteiger partial charge is 0.387 e. The van der Waals surface area contributed by atoms with Crippen LogP contribution in [0.5, 0.6) is 17.2 Å². The average Bonchev–Trinajstić information content (AvgIpc) is 2.74. The van der Waals surface area contributed by atoms with Crippen LogP contribution in [-0.4, -0.2) is 28.0 Å². The molecule has 0 bridgehead atoms. The number of hydrogen-bond donors (Lipinski definition) is 1. The third-order valence-electron chi connectivity index (χ3n) is 4.00. The molecule has 7 nitrogen and oxygen atoms in total. The molecular weight excluding hydrogens is 432 g/mol. The zero-order chi connectivity index (χ0) is 22.4. The van der Waals surface area contributed by atoms with Gasteiger partial charge in [0.05, 0.1) is 12.7 Å². The number of ether oxygens (including phenoxy) is 2. The number of nitrogens with one attached hydrogen (secondary N) is 1. The minimum Gasteiger partial charge on any atom is -0.496 e. The van der Waals surface area contributed by atoms with Gasteiger partial charge in [0.1, 0.15) is 22.1 Å². The summed E-state index contributed by atoms with van der Waals surface area (Å²) in [6.45, 7) is -3.19. The van der Waals surface area contributed by atoms with Crippen LogP contribution >= 0.6 is 0 Å². The first-order valence-electron chi connectivity index (χ1n) is 8.83. The fraction of sp³-hybridized carbons (Fsp3) is 0.0952. The van der Waals surface area contributed by atoms with Gasteiger partial charge < -0.3 is 19.0 Å². The number of benzene rings is 3. The van der Waals surface area contributed by atoms with Gasteiger partial charge in [-0.05, 0) is 48.5 Å². The quantitative estimate of drug-likeness (QED) is 0.515. The molecule has 1 N–H and O–H groups in total. The Balaban J connectivity index is 1.74. The fourth-order valence-electron chi connectivity index (χ4n) is 2.65. The third-order valence-corrected chi connectivity index (χ3v) is 5.29. The lowest BCUT2D eigenvalue weighted by Gasteiger charge is -2.12. The minimum atomic E-state index is -4.44. The van der Waals surface area contributed by atoms with Crippen molar-refractivity contribution in [1.82, 2.24) is 0 Å². The van der Waals surface area contributed by atoms with Crippen LogP contribution in [0.25, 0.3) is 0 Å². The van der Waals surface area contributed by atoms with E-state index in [1.54, 1.807) is 24.3 Å². The van der Waals surface area contributed by atoms with Crippen LogP contribution in [0.4, 0.5) is 14.5 Å². The number of rotatable bonds is 8. The standard InChI is InChI=1S/C21H17F2NO6S/c1-28-17-7-3-2-6-16(17)20(25)24-14-10-12-15(13-11-14)30-31(26,27)19-9-5-4-8-18(19)29-21(22)23/h2-13,21H,1H3,(H,24,25). The fourth-order valence-corrected chi connectivity index (χ4v) is 3.71. The molecule has 0 radical (unpaired) electrons. The summed E-state index contributed by atoms with van der Waals surface area (Å²) in [4.78, 5) is 11.9. The summed E-state index contributed by atoms with van der Waals surface area (Å²) in [5, 5.41) is 2.66. The van der Waals surface area contributed by atoms with Crippen LogP contribution in [-0.2, 0) is 10.1 Å². The highest BCUT2D eigenvalue weighted by atomic mass is 32.2. The van der Waals surface area contributed by atoms with E-state index in [0.29, 0.717) is 17.0 Å². The second kappa shape index (κ2) is 9.43. The first-order valence-corrected chi connectivity index (χ1v) is 10.2. The molecule has 1 amide bonds. The predicted molar refractivity (Wildman–Crippen MR) is 108 cm³/mol.